The number of hydrogen-bond donors (Lipinski definition) is 1. The summed E-state index contributed by atoms with van der Waals surface area (Å²) in [5.74, 6) is 0.882. The molecular formula is C13H25NO. The van der Waals surface area contributed by atoms with Gasteiger partial charge in [-0.25, -0.2) is 0 Å². The van der Waals surface area contributed by atoms with Crippen molar-refractivity contribution in [2.45, 2.75) is 64.0 Å². The van der Waals surface area contributed by atoms with E-state index in [2.05, 4.69) is 11.8 Å². The Balaban J connectivity index is 1.97. The van der Waals surface area contributed by atoms with Crippen LogP contribution in [-0.4, -0.2) is 34.7 Å². The molecule has 1 heterocycles. The number of nitrogens with zero attached hydrogens (tertiary/aromatic N) is 1. The van der Waals surface area contributed by atoms with E-state index in [1.54, 1.807) is 0 Å². The van der Waals surface area contributed by atoms with Crippen molar-refractivity contribution in [3.05, 3.63) is 0 Å². The van der Waals surface area contributed by atoms with Crippen molar-refractivity contribution in [3.63, 3.8) is 0 Å². The first kappa shape index (κ1) is 11.4. The topological polar surface area (TPSA) is 23.5 Å². The zero-order chi connectivity index (χ0) is 10.9. The Morgan fingerprint density at radius 1 is 1.33 bits per heavy atom. The molecule has 2 rings (SSSR count). The first-order chi connectivity index (χ1) is 7.12. The van der Waals surface area contributed by atoms with Crippen molar-refractivity contribution in [1.29, 1.82) is 0 Å². The van der Waals surface area contributed by atoms with E-state index in [1.807, 2.05) is 6.92 Å². The fourth-order valence-corrected chi connectivity index (χ4v) is 3.41. The van der Waals surface area contributed by atoms with Gasteiger partial charge in [0.05, 0.1) is 5.60 Å². The Morgan fingerprint density at radius 2 is 2.07 bits per heavy atom. The number of likely N-dealkylation sites (tertiary alicyclic amines) is 1. The molecule has 2 nitrogen and oxygen atoms in total. The zero-order valence-corrected chi connectivity index (χ0v) is 10.2. The molecule has 15 heavy (non-hydrogen) atoms. The third-order valence-electron chi connectivity index (χ3n) is 4.34. The van der Waals surface area contributed by atoms with Crippen LogP contribution in [0.2, 0.25) is 0 Å². The molecule has 3 unspecified atom stereocenters. The minimum absolute atomic E-state index is 0.421. The molecule has 0 aromatic rings. The van der Waals surface area contributed by atoms with Crippen molar-refractivity contribution in [2.75, 3.05) is 13.1 Å². The molecule has 1 saturated carbocycles. The lowest BCUT2D eigenvalue weighted by molar-refractivity contribution is 0.0476. The van der Waals surface area contributed by atoms with Crippen LogP contribution in [0.5, 0.6) is 0 Å². The highest BCUT2D eigenvalue weighted by atomic mass is 16.3. The van der Waals surface area contributed by atoms with Gasteiger partial charge in [0.25, 0.3) is 0 Å². The number of β-amino-alcohol motifs (C(OH)–C–C–N with tert-alkyl or cyclic N) is 1. The molecule has 0 aromatic heterocycles. The Morgan fingerprint density at radius 3 is 2.67 bits per heavy atom. The third kappa shape index (κ3) is 2.54. The van der Waals surface area contributed by atoms with Crippen LogP contribution in [-0.2, 0) is 0 Å². The average molecular weight is 211 g/mol. The summed E-state index contributed by atoms with van der Waals surface area (Å²) < 4.78 is 0. The molecule has 2 heteroatoms. The molecule has 1 aliphatic heterocycles. The minimum Gasteiger partial charge on any atom is -0.389 e. The fourth-order valence-electron chi connectivity index (χ4n) is 3.41. The largest absolute Gasteiger partial charge is 0.389 e. The van der Waals surface area contributed by atoms with Crippen LogP contribution in [0.15, 0.2) is 0 Å². The van der Waals surface area contributed by atoms with Gasteiger partial charge in [0.1, 0.15) is 0 Å². The average Bonchev–Trinajstić information content (AvgIpc) is 2.59. The molecule has 0 bridgehead atoms. The van der Waals surface area contributed by atoms with Crippen molar-refractivity contribution < 1.29 is 5.11 Å². The van der Waals surface area contributed by atoms with Crippen LogP contribution >= 0.6 is 0 Å². The molecule has 1 aliphatic carbocycles. The summed E-state index contributed by atoms with van der Waals surface area (Å²) in [7, 11) is 0. The highest BCUT2D eigenvalue weighted by Gasteiger charge is 2.38. The van der Waals surface area contributed by atoms with Crippen molar-refractivity contribution in [2.24, 2.45) is 5.92 Å². The van der Waals surface area contributed by atoms with Gasteiger partial charge in [-0.15, -0.1) is 0 Å². The first-order valence-electron chi connectivity index (χ1n) is 6.59. The SMILES string of the molecule is CCC1CCCCC1N1CCC(C)(O)C1. The molecule has 0 spiro atoms. The standard InChI is InChI=1S/C13H25NO/c1-3-11-6-4-5-7-12(11)14-9-8-13(2,15)10-14/h11-12,15H,3-10H2,1-2H3. The van der Waals surface area contributed by atoms with E-state index in [9.17, 15) is 5.11 Å². The quantitative estimate of drug-likeness (QED) is 0.758. The molecular weight excluding hydrogens is 186 g/mol. The molecule has 0 aromatic carbocycles. The van der Waals surface area contributed by atoms with Crippen LogP contribution < -0.4 is 0 Å². The molecule has 0 amide bonds. The Labute approximate surface area is 93.7 Å². The highest BCUT2D eigenvalue weighted by Crippen LogP contribution is 2.34. The molecule has 3 atom stereocenters. The van der Waals surface area contributed by atoms with Crippen molar-refractivity contribution in [1.82, 2.24) is 4.90 Å². The molecule has 1 N–H and O–H groups in total. The minimum atomic E-state index is -0.421. The van der Waals surface area contributed by atoms with E-state index in [1.165, 1.54) is 32.1 Å². The first-order valence-corrected chi connectivity index (χ1v) is 6.59. The number of aliphatic hydroxyl groups is 1. The molecule has 88 valence electrons. The lowest BCUT2D eigenvalue weighted by atomic mass is 9.82. The van der Waals surface area contributed by atoms with Crippen LogP contribution in [0.4, 0.5) is 0 Å². The second kappa shape index (κ2) is 4.42. The molecule has 2 fully saturated rings. The lowest BCUT2D eigenvalue weighted by Crippen LogP contribution is -2.42. The van der Waals surface area contributed by atoms with Gasteiger partial charge in [0.2, 0.25) is 0 Å². The van der Waals surface area contributed by atoms with Gasteiger partial charge in [-0.3, -0.25) is 4.90 Å². The summed E-state index contributed by atoms with van der Waals surface area (Å²) >= 11 is 0. The number of hydrogen-bond acceptors (Lipinski definition) is 2. The monoisotopic (exact) mass is 211 g/mol. The Kier molecular flexibility index (Phi) is 3.36. The Hall–Kier alpha value is -0.0800. The van der Waals surface area contributed by atoms with Gasteiger partial charge < -0.3 is 5.11 Å². The van der Waals surface area contributed by atoms with E-state index in [-0.39, 0.29) is 0 Å². The maximum absolute atomic E-state index is 10.0. The molecule has 0 radical (unpaired) electrons. The normalized spacial score (nSPS) is 43.4. The second-order valence-corrected chi connectivity index (χ2v) is 5.74. The van der Waals surface area contributed by atoms with Gasteiger partial charge in [0.15, 0.2) is 0 Å². The van der Waals surface area contributed by atoms with Gasteiger partial charge in [-0.2, -0.15) is 0 Å². The van der Waals surface area contributed by atoms with Crippen LogP contribution in [0.1, 0.15) is 52.4 Å². The number of rotatable bonds is 2. The fraction of sp³-hybridized carbons (Fsp3) is 1.00. The molecule has 1 saturated heterocycles. The van der Waals surface area contributed by atoms with Gasteiger partial charge in [-0.1, -0.05) is 26.2 Å². The predicted octanol–water partition coefficient (Wildman–Crippen LogP) is 2.41. The van der Waals surface area contributed by atoms with Crippen LogP contribution in [0.3, 0.4) is 0 Å². The predicted molar refractivity (Wildman–Crippen MR) is 62.9 cm³/mol. The van der Waals surface area contributed by atoms with Crippen LogP contribution in [0, 0.1) is 5.92 Å². The lowest BCUT2D eigenvalue weighted by Gasteiger charge is -2.38. The second-order valence-electron chi connectivity index (χ2n) is 5.74. The van der Waals surface area contributed by atoms with Crippen molar-refractivity contribution in [3.8, 4) is 0 Å². The summed E-state index contributed by atoms with van der Waals surface area (Å²) in [6, 6.07) is 0.762. The third-order valence-corrected chi connectivity index (χ3v) is 4.34. The van der Waals surface area contributed by atoms with Gasteiger partial charge in [-0.05, 0) is 32.1 Å². The van der Waals surface area contributed by atoms with Crippen molar-refractivity contribution >= 4 is 0 Å². The highest BCUT2D eigenvalue weighted by molar-refractivity contribution is 4.92. The Bertz CT molecular complexity index is 215. The van der Waals surface area contributed by atoms with E-state index >= 15 is 0 Å². The summed E-state index contributed by atoms with van der Waals surface area (Å²) in [4.78, 5) is 2.55. The van der Waals surface area contributed by atoms with Gasteiger partial charge >= 0.3 is 0 Å². The summed E-state index contributed by atoms with van der Waals surface area (Å²) in [5.41, 5.74) is -0.421. The maximum atomic E-state index is 10.0. The van der Waals surface area contributed by atoms with Crippen LogP contribution in [0.25, 0.3) is 0 Å². The van der Waals surface area contributed by atoms with E-state index in [0.717, 1.165) is 31.5 Å². The van der Waals surface area contributed by atoms with Gasteiger partial charge in [0, 0.05) is 19.1 Å². The summed E-state index contributed by atoms with van der Waals surface area (Å²) in [6.07, 6.45) is 7.83. The van der Waals surface area contributed by atoms with E-state index in [4.69, 9.17) is 0 Å². The smallest absolute Gasteiger partial charge is 0.0758 e. The zero-order valence-electron chi connectivity index (χ0n) is 10.2. The van der Waals surface area contributed by atoms with E-state index < -0.39 is 5.60 Å². The van der Waals surface area contributed by atoms with E-state index in [0.29, 0.717) is 0 Å². The summed E-state index contributed by atoms with van der Waals surface area (Å²) in [6.45, 7) is 6.30. The molecule has 2 aliphatic rings. The summed E-state index contributed by atoms with van der Waals surface area (Å²) in [5, 5.41) is 10.0. The maximum Gasteiger partial charge on any atom is 0.0758 e.